The zero-order valence-electron chi connectivity index (χ0n) is 18.1. The fourth-order valence-electron chi connectivity index (χ4n) is 3.57. The van der Waals surface area contributed by atoms with Gasteiger partial charge < -0.3 is 10.6 Å². The molecule has 178 valence electrons. The molecule has 2 aromatic carbocycles. The van der Waals surface area contributed by atoms with Crippen LogP contribution in [0.4, 0.5) is 17.1 Å². The first-order valence-corrected chi connectivity index (χ1v) is 13.7. The van der Waals surface area contributed by atoms with Crippen molar-refractivity contribution in [1.29, 1.82) is 0 Å². The third-order valence-corrected chi connectivity index (χ3v) is 7.43. The highest BCUT2D eigenvalue weighted by molar-refractivity contribution is 7.92. The maximum absolute atomic E-state index is 12.5. The van der Waals surface area contributed by atoms with Crippen LogP contribution >= 0.6 is 0 Å². The van der Waals surface area contributed by atoms with Crippen LogP contribution in [0.1, 0.15) is 22.3 Å². The normalized spacial score (nSPS) is 13.8. The van der Waals surface area contributed by atoms with Gasteiger partial charge in [0.05, 0.1) is 21.8 Å². The van der Waals surface area contributed by atoms with E-state index in [4.69, 9.17) is 0 Å². The number of aryl methyl sites for hydroxylation is 1. The van der Waals surface area contributed by atoms with Crippen molar-refractivity contribution in [1.82, 2.24) is 5.32 Å². The van der Waals surface area contributed by atoms with E-state index in [2.05, 4.69) is 10.6 Å². The lowest BCUT2D eigenvalue weighted by Gasteiger charge is -2.29. The fraction of sp³-hybridized carbons (Fsp3) is 0.350. The van der Waals surface area contributed by atoms with Crippen molar-refractivity contribution in [2.75, 3.05) is 41.8 Å². The molecule has 1 aliphatic rings. The molecule has 2 aromatic rings. The number of amides is 1. The minimum absolute atomic E-state index is 0.135. The second-order valence-corrected chi connectivity index (χ2v) is 11.6. The Morgan fingerprint density at radius 2 is 1.82 bits per heavy atom. The summed E-state index contributed by atoms with van der Waals surface area (Å²) in [5.41, 5.74) is 1.49. The highest BCUT2D eigenvalue weighted by Crippen LogP contribution is 2.30. The summed E-state index contributed by atoms with van der Waals surface area (Å²) in [6.45, 7) is 0.717. The molecule has 11 nitrogen and oxygen atoms in total. The van der Waals surface area contributed by atoms with Crippen molar-refractivity contribution in [2.45, 2.75) is 17.7 Å². The Hall–Kier alpha value is -3.19. The van der Waals surface area contributed by atoms with E-state index in [1.807, 2.05) is 0 Å². The second-order valence-electron chi connectivity index (χ2n) is 7.67. The maximum Gasteiger partial charge on any atom is 0.293 e. The van der Waals surface area contributed by atoms with Crippen LogP contribution in [0.15, 0.2) is 41.3 Å². The number of carbonyl (C=O) groups excluding carboxylic acids is 1. The molecule has 3 rings (SSSR count). The first-order valence-electron chi connectivity index (χ1n) is 9.99. The van der Waals surface area contributed by atoms with Crippen LogP contribution < -0.4 is 14.9 Å². The number of nitro benzene ring substituents is 1. The minimum atomic E-state index is -3.59. The van der Waals surface area contributed by atoms with Gasteiger partial charge in [-0.25, -0.2) is 16.8 Å². The summed E-state index contributed by atoms with van der Waals surface area (Å²) in [4.78, 5) is 23.0. The third kappa shape index (κ3) is 5.79. The van der Waals surface area contributed by atoms with Gasteiger partial charge in [-0.15, -0.1) is 0 Å². The number of nitrogens with one attached hydrogen (secondary N) is 2. The molecule has 0 aromatic heterocycles. The summed E-state index contributed by atoms with van der Waals surface area (Å²) in [7, 11) is -6.98. The molecule has 0 atom stereocenters. The van der Waals surface area contributed by atoms with Gasteiger partial charge in [0.1, 0.15) is 5.69 Å². The fourth-order valence-corrected chi connectivity index (χ4v) is 5.20. The lowest BCUT2D eigenvalue weighted by molar-refractivity contribution is -0.384. The molecular weight excluding hydrogens is 472 g/mol. The van der Waals surface area contributed by atoms with E-state index in [-0.39, 0.29) is 35.3 Å². The predicted octanol–water partition coefficient (Wildman–Crippen LogP) is 1.55. The maximum atomic E-state index is 12.5. The Labute approximate surface area is 191 Å². The number of hydrogen-bond donors (Lipinski definition) is 2. The van der Waals surface area contributed by atoms with Gasteiger partial charge in [0, 0.05) is 37.5 Å². The van der Waals surface area contributed by atoms with Gasteiger partial charge in [-0.3, -0.25) is 19.2 Å². The summed E-state index contributed by atoms with van der Waals surface area (Å²) >= 11 is 0. The van der Waals surface area contributed by atoms with Crippen LogP contribution in [-0.4, -0.2) is 59.8 Å². The molecule has 0 aliphatic carbocycles. The van der Waals surface area contributed by atoms with E-state index >= 15 is 0 Å². The zero-order valence-corrected chi connectivity index (χ0v) is 19.7. The van der Waals surface area contributed by atoms with E-state index in [9.17, 15) is 31.7 Å². The van der Waals surface area contributed by atoms with Gasteiger partial charge in [-0.05, 0) is 48.7 Å². The Morgan fingerprint density at radius 3 is 2.45 bits per heavy atom. The molecule has 1 aliphatic heterocycles. The first-order chi connectivity index (χ1) is 15.4. The van der Waals surface area contributed by atoms with Gasteiger partial charge in [-0.1, -0.05) is 0 Å². The average molecular weight is 497 g/mol. The quantitative estimate of drug-likeness (QED) is 0.317. The van der Waals surface area contributed by atoms with E-state index in [1.54, 1.807) is 18.2 Å². The van der Waals surface area contributed by atoms with Crippen LogP contribution in [0.3, 0.4) is 0 Å². The number of sulfonamides is 1. The average Bonchev–Trinajstić information content (AvgIpc) is 2.74. The largest absolute Gasteiger partial charge is 0.378 e. The number of nitro groups is 1. The lowest BCUT2D eigenvalue weighted by Crippen LogP contribution is -2.35. The van der Waals surface area contributed by atoms with Crippen LogP contribution in [0, 0.1) is 10.1 Å². The van der Waals surface area contributed by atoms with Crippen LogP contribution in [0.5, 0.6) is 0 Å². The molecule has 0 fully saturated rings. The van der Waals surface area contributed by atoms with Crippen LogP contribution in [0.25, 0.3) is 0 Å². The Kier molecular flexibility index (Phi) is 6.93. The standard InChI is InChI=1S/C20H24N4O7S2/c1-32(28,29)16-6-7-17(19(13-16)24(26)27)21-9-10-22-20(25)15-5-8-18-14(12-15)4-3-11-23(18)33(2,30)31/h5-8,12-13,21H,3-4,9-11H2,1-2H3,(H,22,25). The molecule has 0 radical (unpaired) electrons. The number of fused-ring (bicyclic) bond motifs is 1. The smallest absolute Gasteiger partial charge is 0.293 e. The summed E-state index contributed by atoms with van der Waals surface area (Å²) in [5.74, 6) is -0.363. The molecule has 0 saturated heterocycles. The molecule has 13 heteroatoms. The first kappa shape index (κ1) is 24.5. The summed E-state index contributed by atoms with van der Waals surface area (Å²) in [5, 5.41) is 16.8. The SMILES string of the molecule is CS(=O)(=O)c1ccc(NCCNC(=O)c2ccc3c(c2)CCCN3S(C)(=O)=O)c([N+](=O)[O-])c1. The van der Waals surface area contributed by atoms with E-state index in [1.165, 1.54) is 16.4 Å². The van der Waals surface area contributed by atoms with Crippen molar-refractivity contribution in [2.24, 2.45) is 0 Å². The zero-order chi connectivity index (χ0) is 24.4. The van der Waals surface area contributed by atoms with Crippen molar-refractivity contribution >= 4 is 42.8 Å². The molecule has 1 heterocycles. The van der Waals surface area contributed by atoms with Crippen molar-refractivity contribution in [3.8, 4) is 0 Å². The molecule has 33 heavy (non-hydrogen) atoms. The van der Waals surface area contributed by atoms with Crippen LogP contribution in [-0.2, 0) is 26.3 Å². The van der Waals surface area contributed by atoms with Gasteiger partial charge in [0.15, 0.2) is 9.84 Å². The minimum Gasteiger partial charge on any atom is -0.378 e. The summed E-state index contributed by atoms with van der Waals surface area (Å²) in [6, 6.07) is 8.42. The Bertz CT molecular complexity index is 1310. The van der Waals surface area contributed by atoms with E-state index < -0.39 is 24.8 Å². The highest BCUT2D eigenvalue weighted by Gasteiger charge is 2.24. The van der Waals surface area contributed by atoms with Crippen molar-refractivity contribution in [3.05, 3.63) is 57.6 Å². The van der Waals surface area contributed by atoms with E-state index in [0.29, 0.717) is 30.6 Å². The molecule has 2 N–H and O–H groups in total. The molecule has 0 unspecified atom stereocenters. The number of nitrogens with zero attached hydrogens (tertiary/aromatic N) is 2. The number of benzene rings is 2. The highest BCUT2D eigenvalue weighted by atomic mass is 32.2. The monoisotopic (exact) mass is 496 g/mol. The van der Waals surface area contributed by atoms with Gasteiger partial charge in [0.2, 0.25) is 10.0 Å². The summed E-state index contributed by atoms with van der Waals surface area (Å²) in [6.07, 6.45) is 3.44. The van der Waals surface area contributed by atoms with Crippen LogP contribution in [0.2, 0.25) is 0 Å². The van der Waals surface area contributed by atoms with E-state index in [0.717, 1.165) is 24.1 Å². The Balaban J connectivity index is 1.63. The molecule has 0 spiro atoms. The van der Waals surface area contributed by atoms with Crippen molar-refractivity contribution in [3.63, 3.8) is 0 Å². The molecular formula is C20H24N4O7S2. The Morgan fingerprint density at radius 1 is 1.09 bits per heavy atom. The molecule has 0 bridgehead atoms. The number of sulfone groups is 1. The number of hydrogen-bond acceptors (Lipinski definition) is 8. The van der Waals surface area contributed by atoms with Crippen molar-refractivity contribution < 1.29 is 26.6 Å². The topological polar surface area (TPSA) is 156 Å². The van der Waals surface area contributed by atoms with Gasteiger partial charge in [0.25, 0.3) is 11.6 Å². The lowest BCUT2D eigenvalue weighted by atomic mass is 10.0. The molecule has 1 amide bonds. The number of carbonyl (C=O) groups is 1. The molecule has 0 saturated carbocycles. The third-order valence-electron chi connectivity index (χ3n) is 5.14. The second kappa shape index (κ2) is 9.35. The number of anilines is 2. The number of rotatable bonds is 8. The van der Waals surface area contributed by atoms with Gasteiger partial charge >= 0.3 is 0 Å². The summed E-state index contributed by atoms with van der Waals surface area (Å²) < 4.78 is 48.5. The predicted molar refractivity (Wildman–Crippen MR) is 124 cm³/mol. The van der Waals surface area contributed by atoms with Gasteiger partial charge in [-0.2, -0.15) is 0 Å².